The Hall–Kier alpha value is -3.32. The van der Waals surface area contributed by atoms with Gasteiger partial charge in [0.1, 0.15) is 12.4 Å². The summed E-state index contributed by atoms with van der Waals surface area (Å²) in [7, 11) is 1.71. The first-order chi connectivity index (χ1) is 20.2. The Morgan fingerprint density at radius 1 is 1.07 bits per heavy atom. The van der Waals surface area contributed by atoms with Crippen molar-refractivity contribution in [1.29, 1.82) is 0 Å². The predicted octanol–water partition coefficient (Wildman–Crippen LogP) is 6.12. The number of benzene rings is 2. The lowest BCUT2D eigenvalue weighted by atomic mass is 9.91. The number of aromatic nitrogens is 2. The number of nitrogens with zero attached hydrogens (tertiary/aromatic N) is 2. The van der Waals surface area contributed by atoms with Crippen molar-refractivity contribution < 1.29 is 14.3 Å². The molecule has 3 fully saturated rings. The normalized spacial score (nSPS) is 20.6. The minimum Gasteiger partial charge on any atom is -0.497 e. The largest absolute Gasteiger partial charge is 0.497 e. The molecule has 0 atom stereocenters. The van der Waals surface area contributed by atoms with Crippen molar-refractivity contribution in [2.75, 3.05) is 26.8 Å². The minimum absolute atomic E-state index is 0.0497. The van der Waals surface area contributed by atoms with E-state index in [1.54, 1.807) is 7.11 Å². The van der Waals surface area contributed by atoms with Crippen LogP contribution in [0.3, 0.4) is 0 Å². The van der Waals surface area contributed by atoms with Gasteiger partial charge in [0.2, 0.25) is 11.8 Å². The summed E-state index contributed by atoms with van der Waals surface area (Å²) in [5.41, 5.74) is 6.35. The van der Waals surface area contributed by atoms with E-state index in [1.807, 2.05) is 26.0 Å². The lowest BCUT2D eigenvalue weighted by Gasteiger charge is -2.32. The average Bonchev–Trinajstić information content (AvgIpc) is 3.29. The fourth-order valence-electron chi connectivity index (χ4n) is 7.21. The molecular weight excluding hydrogens is 524 g/mol. The Kier molecular flexibility index (Phi) is 7.81. The van der Waals surface area contributed by atoms with Gasteiger partial charge in [-0.05, 0) is 109 Å². The first kappa shape index (κ1) is 28.8. The van der Waals surface area contributed by atoms with Gasteiger partial charge in [0.25, 0.3) is 0 Å². The van der Waals surface area contributed by atoms with Crippen LogP contribution < -0.4 is 14.8 Å². The molecule has 0 radical (unpaired) electrons. The van der Waals surface area contributed by atoms with E-state index in [2.05, 4.69) is 59.5 Å². The van der Waals surface area contributed by atoms with Crippen molar-refractivity contribution in [2.24, 2.45) is 5.41 Å². The molecule has 7 nitrogen and oxygen atoms in total. The zero-order chi connectivity index (χ0) is 29.5. The summed E-state index contributed by atoms with van der Waals surface area (Å²) in [6.07, 6.45) is 7.65. The van der Waals surface area contributed by atoms with Gasteiger partial charge in [0.15, 0.2) is 0 Å². The highest BCUT2D eigenvalue weighted by Crippen LogP contribution is 2.54. The maximum atomic E-state index is 13.7. The SMILES string of the molecule is COc1cccc(CCNCC2(c3c(OCC(C)(C)C(=O)N4C5CCC4CC5)n[nH]c3-c3cc(C)cc(C)c3)CC2)c1. The van der Waals surface area contributed by atoms with E-state index >= 15 is 0 Å². The molecule has 2 aromatic carbocycles. The van der Waals surface area contributed by atoms with Crippen molar-refractivity contribution in [3.8, 4) is 22.9 Å². The molecule has 1 amide bonds. The molecule has 1 saturated carbocycles. The molecule has 2 N–H and O–H groups in total. The molecule has 42 heavy (non-hydrogen) atoms. The van der Waals surface area contributed by atoms with Gasteiger partial charge >= 0.3 is 0 Å². The van der Waals surface area contributed by atoms with Gasteiger partial charge in [-0.25, -0.2) is 0 Å². The fraction of sp³-hybridized carbons (Fsp3) is 0.543. The number of carbonyl (C=O) groups is 1. The molecule has 1 aromatic heterocycles. The fourth-order valence-corrected chi connectivity index (χ4v) is 7.21. The average molecular weight is 571 g/mol. The summed E-state index contributed by atoms with van der Waals surface area (Å²) in [5, 5.41) is 11.8. The van der Waals surface area contributed by atoms with Crippen molar-refractivity contribution in [3.05, 3.63) is 64.7 Å². The number of aryl methyl sites for hydroxylation is 2. The second-order valence-corrected chi connectivity index (χ2v) is 13.6. The van der Waals surface area contributed by atoms with Gasteiger partial charge in [-0.1, -0.05) is 29.3 Å². The van der Waals surface area contributed by atoms with E-state index in [1.165, 1.54) is 16.7 Å². The number of aromatic amines is 1. The van der Waals surface area contributed by atoms with Crippen molar-refractivity contribution in [2.45, 2.75) is 90.1 Å². The van der Waals surface area contributed by atoms with Crippen molar-refractivity contribution >= 4 is 5.91 Å². The molecule has 3 aliphatic rings. The zero-order valence-corrected chi connectivity index (χ0v) is 25.9. The van der Waals surface area contributed by atoms with Crippen LogP contribution in [-0.4, -0.2) is 59.9 Å². The maximum Gasteiger partial charge on any atom is 0.237 e. The number of nitrogens with one attached hydrogen (secondary N) is 2. The second-order valence-electron chi connectivity index (χ2n) is 13.6. The highest BCUT2D eigenvalue weighted by molar-refractivity contribution is 5.83. The number of carbonyl (C=O) groups excluding carboxylic acids is 1. The molecule has 3 aromatic rings. The van der Waals surface area contributed by atoms with Gasteiger partial charge < -0.3 is 19.7 Å². The molecule has 3 heterocycles. The van der Waals surface area contributed by atoms with Crippen LogP contribution in [0.5, 0.6) is 11.6 Å². The zero-order valence-electron chi connectivity index (χ0n) is 25.9. The van der Waals surface area contributed by atoms with Gasteiger partial charge in [0, 0.05) is 35.2 Å². The van der Waals surface area contributed by atoms with Crippen molar-refractivity contribution in [1.82, 2.24) is 20.4 Å². The molecule has 2 bridgehead atoms. The molecule has 6 rings (SSSR count). The first-order valence-corrected chi connectivity index (χ1v) is 15.7. The molecule has 0 spiro atoms. The van der Waals surface area contributed by atoms with E-state index in [0.717, 1.165) is 80.6 Å². The quantitative estimate of drug-likeness (QED) is 0.256. The van der Waals surface area contributed by atoms with Crippen LogP contribution in [0.15, 0.2) is 42.5 Å². The number of H-pyrrole nitrogens is 1. The lowest BCUT2D eigenvalue weighted by molar-refractivity contribution is -0.143. The summed E-state index contributed by atoms with van der Waals surface area (Å²) < 4.78 is 11.9. The molecule has 2 aliphatic heterocycles. The summed E-state index contributed by atoms with van der Waals surface area (Å²) in [6, 6.07) is 15.7. The molecule has 0 unspecified atom stereocenters. The second kappa shape index (κ2) is 11.4. The molecule has 224 valence electrons. The van der Waals surface area contributed by atoms with Crippen LogP contribution in [0.4, 0.5) is 0 Å². The standard InChI is InChI=1S/C35H46N4O3/c1-23-17-24(2)19-26(18-23)31-30(35(14-15-35)21-36-16-13-25-7-6-8-29(20-25)41-5)32(38-37-31)42-22-34(3,4)33(40)39-27-9-10-28(39)12-11-27/h6-8,17-20,27-28,36H,9-16,21-22H2,1-5H3,(H,37,38). The Balaban J connectivity index is 1.21. The molecule has 7 heteroatoms. The third-order valence-corrected chi connectivity index (χ3v) is 9.65. The Morgan fingerprint density at radius 2 is 1.76 bits per heavy atom. The summed E-state index contributed by atoms with van der Waals surface area (Å²) in [6.45, 7) is 10.4. The van der Waals surface area contributed by atoms with Gasteiger partial charge in [0.05, 0.1) is 18.2 Å². The topological polar surface area (TPSA) is 79.5 Å². The highest BCUT2D eigenvalue weighted by atomic mass is 16.5. The Bertz CT molecular complexity index is 1400. The van der Waals surface area contributed by atoms with E-state index in [4.69, 9.17) is 14.6 Å². The summed E-state index contributed by atoms with van der Waals surface area (Å²) >= 11 is 0. The van der Waals surface area contributed by atoms with Crippen LogP contribution in [0.2, 0.25) is 0 Å². The minimum atomic E-state index is -0.618. The number of fused-ring (bicyclic) bond motifs is 2. The Labute approximate surface area is 250 Å². The molecule has 2 saturated heterocycles. The van der Waals surface area contributed by atoms with E-state index < -0.39 is 5.41 Å². The molecule has 1 aliphatic carbocycles. The van der Waals surface area contributed by atoms with Crippen molar-refractivity contribution in [3.63, 3.8) is 0 Å². The van der Waals surface area contributed by atoms with Crippen LogP contribution in [0.25, 0.3) is 11.3 Å². The van der Waals surface area contributed by atoms with Gasteiger partial charge in [-0.15, -0.1) is 5.10 Å². The summed E-state index contributed by atoms with van der Waals surface area (Å²) in [5.74, 6) is 1.75. The Morgan fingerprint density at radius 3 is 2.40 bits per heavy atom. The van der Waals surface area contributed by atoms with E-state index in [-0.39, 0.29) is 11.3 Å². The first-order valence-electron chi connectivity index (χ1n) is 15.7. The highest BCUT2D eigenvalue weighted by Gasteiger charge is 2.50. The van der Waals surface area contributed by atoms with Crippen LogP contribution in [-0.2, 0) is 16.6 Å². The third-order valence-electron chi connectivity index (χ3n) is 9.65. The van der Waals surface area contributed by atoms with Gasteiger partial charge in [-0.2, -0.15) is 0 Å². The number of amides is 1. The number of hydrogen-bond donors (Lipinski definition) is 2. The van der Waals surface area contributed by atoms with Crippen LogP contribution >= 0.6 is 0 Å². The third kappa shape index (κ3) is 5.68. The van der Waals surface area contributed by atoms with E-state index in [0.29, 0.717) is 24.6 Å². The number of hydrogen-bond acceptors (Lipinski definition) is 5. The maximum absolute atomic E-state index is 13.7. The smallest absolute Gasteiger partial charge is 0.237 e. The van der Waals surface area contributed by atoms with Crippen LogP contribution in [0.1, 0.15) is 74.6 Å². The number of rotatable bonds is 12. The lowest BCUT2D eigenvalue weighted by Crippen LogP contribution is -2.46. The number of ether oxygens (including phenoxy) is 2. The summed E-state index contributed by atoms with van der Waals surface area (Å²) in [4.78, 5) is 15.8. The monoisotopic (exact) mass is 570 g/mol. The number of methoxy groups -OCH3 is 1. The molecular formula is C35H46N4O3. The predicted molar refractivity (Wildman–Crippen MR) is 166 cm³/mol. The van der Waals surface area contributed by atoms with E-state index in [9.17, 15) is 4.79 Å². The van der Waals surface area contributed by atoms with Gasteiger partial charge in [-0.3, -0.25) is 9.89 Å². The van der Waals surface area contributed by atoms with Crippen LogP contribution in [0, 0.1) is 19.3 Å².